The van der Waals surface area contributed by atoms with E-state index in [1.54, 1.807) is 32.3 Å². The van der Waals surface area contributed by atoms with Crippen molar-refractivity contribution in [3.05, 3.63) is 76.2 Å². The molecule has 5 rings (SSSR count). The molecular weight excluding hydrogens is 452 g/mol. The molecule has 0 spiro atoms. The second-order valence-corrected chi connectivity index (χ2v) is 10.5. The van der Waals surface area contributed by atoms with Crippen molar-refractivity contribution in [1.82, 2.24) is 0 Å². The molecule has 34 heavy (non-hydrogen) atoms. The molecule has 5 unspecified atom stereocenters. The molecule has 7 heteroatoms. The van der Waals surface area contributed by atoms with Crippen molar-refractivity contribution < 1.29 is 29.2 Å². The van der Waals surface area contributed by atoms with Gasteiger partial charge < -0.3 is 29.2 Å². The number of aryl methyl sites for hydroxylation is 1. The highest BCUT2D eigenvalue weighted by Crippen LogP contribution is 2.41. The summed E-state index contributed by atoms with van der Waals surface area (Å²) in [6.45, 7) is 5.63. The summed E-state index contributed by atoms with van der Waals surface area (Å²) in [4.78, 5) is 2.43. The van der Waals surface area contributed by atoms with Gasteiger partial charge in [-0.3, -0.25) is 0 Å². The Balaban J connectivity index is 1.31. The van der Waals surface area contributed by atoms with Crippen molar-refractivity contribution in [2.24, 2.45) is 0 Å². The van der Waals surface area contributed by atoms with Crippen LogP contribution in [0, 0.1) is 6.92 Å². The molecule has 3 aromatic rings. The maximum atomic E-state index is 11.0. The van der Waals surface area contributed by atoms with Crippen LogP contribution in [0.1, 0.15) is 41.5 Å². The van der Waals surface area contributed by atoms with Crippen LogP contribution in [0.5, 0.6) is 5.75 Å². The highest BCUT2D eigenvalue weighted by molar-refractivity contribution is 7.15. The number of aliphatic hydroxyl groups is 2. The minimum absolute atomic E-state index is 0.609. The van der Waals surface area contributed by atoms with Gasteiger partial charge in [-0.05, 0) is 79.4 Å². The Kier molecular flexibility index (Phi) is 6.27. The average molecular weight is 483 g/mol. The first-order valence-electron chi connectivity index (χ1n) is 11.4. The Bertz CT molecular complexity index is 1150. The molecule has 0 bridgehead atoms. The number of fused-ring (bicyclic) bond motifs is 1. The molecule has 3 heterocycles. The molecule has 0 amide bonds. The van der Waals surface area contributed by atoms with Crippen molar-refractivity contribution in [1.29, 1.82) is 0 Å². The van der Waals surface area contributed by atoms with Gasteiger partial charge in [0.25, 0.3) is 0 Å². The molecule has 0 radical (unpaired) electrons. The zero-order valence-corrected chi connectivity index (χ0v) is 20.5. The maximum Gasteiger partial charge on any atom is 0.190 e. The van der Waals surface area contributed by atoms with E-state index in [0.29, 0.717) is 5.56 Å². The number of methoxy groups -OCH3 is 1. The highest BCUT2D eigenvalue weighted by atomic mass is 32.1. The highest BCUT2D eigenvalue weighted by Gasteiger charge is 2.56. The van der Waals surface area contributed by atoms with Gasteiger partial charge >= 0.3 is 0 Å². The predicted octanol–water partition coefficient (Wildman–Crippen LogP) is 4.59. The first kappa shape index (κ1) is 23.5. The Morgan fingerprint density at radius 3 is 2.53 bits per heavy atom. The lowest BCUT2D eigenvalue weighted by Crippen LogP contribution is -2.37. The van der Waals surface area contributed by atoms with Crippen LogP contribution >= 0.6 is 11.3 Å². The van der Waals surface area contributed by atoms with Gasteiger partial charge in [0.15, 0.2) is 12.1 Å². The van der Waals surface area contributed by atoms with E-state index in [0.717, 1.165) is 28.9 Å². The maximum absolute atomic E-state index is 11.0. The van der Waals surface area contributed by atoms with Gasteiger partial charge in [-0.1, -0.05) is 18.2 Å². The average Bonchev–Trinajstić information content (AvgIpc) is 3.49. The minimum atomic E-state index is -0.992. The van der Waals surface area contributed by atoms with E-state index < -0.39 is 36.5 Å². The molecule has 2 aliphatic heterocycles. The summed E-state index contributed by atoms with van der Waals surface area (Å²) >= 11 is 1.75. The molecule has 2 aromatic carbocycles. The monoisotopic (exact) mass is 482 g/mol. The number of rotatable bonds is 6. The Morgan fingerprint density at radius 1 is 1.06 bits per heavy atom. The molecule has 0 aliphatic carbocycles. The van der Waals surface area contributed by atoms with Crippen molar-refractivity contribution in [2.75, 3.05) is 7.11 Å². The number of aliphatic hydroxyl groups excluding tert-OH is 2. The fourth-order valence-corrected chi connectivity index (χ4v) is 5.64. The van der Waals surface area contributed by atoms with Crippen LogP contribution in [0.25, 0.3) is 10.4 Å². The lowest BCUT2D eigenvalue weighted by Gasteiger charge is -2.26. The second-order valence-electron chi connectivity index (χ2n) is 9.36. The predicted molar refractivity (Wildman–Crippen MR) is 130 cm³/mol. The molecule has 6 nitrogen and oxygen atoms in total. The molecular formula is C27H30O6S. The normalized spacial score (nSPS) is 26.4. The van der Waals surface area contributed by atoms with Gasteiger partial charge in [-0.25, -0.2) is 0 Å². The van der Waals surface area contributed by atoms with Gasteiger partial charge in [0, 0.05) is 16.2 Å². The topological polar surface area (TPSA) is 77.4 Å². The smallest absolute Gasteiger partial charge is 0.190 e. The molecule has 180 valence electrons. The van der Waals surface area contributed by atoms with Crippen molar-refractivity contribution in [3.8, 4) is 16.2 Å². The fraction of sp³-hybridized carbons (Fsp3) is 0.407. The van der Waals surface area contributed by atoms with Gasteiger partial charge in [0.1, 0.15) is 30.2 Å². The van der Waals surface area contributed by atoms with E-state index in [2.05, 4.69) is 31.2 Å². The molecule has 5 atom stereocenters. The van der Waals surface area contributed by atoms with Crippen LogP contribution in [0.15, 0.2) is 54.6 Å². The molecule has 2 aliphatic rings. The van der Waals surface area contributed by atoms with E-state index in [1.807, 2.05) is 30.3 Å². The zero-order chi connectivity index (χ0) is 24.0. The summed E-state index contributed by atoms with van der Waals surface area (Å²) in [6.07, 6.45) is -3.32. The number of thiophene rings is 1. The van der Waals surface area contributed by atoms with Crippen molar-refractivity contribution >= 4 is 11.3 Å². The van der Waals surface area contributed by atoms with Gasteiger partial charge in [0.05, 0.1) is 7.11 Å². The second kappa shape index (κ2) is 9.07. The van der Waals surface area contributed by atoms with Crippen LogP contribution in [-0.2, 0) is 20.6 Å². The molecule has 2 N–H and O–H groups in total. The van der Waals surface area contributed by atoms with E-state index >= 15 is 0 Å². The third kappa shape index (κ3) is 4.52. The van der Waals surface area contributed by atoms with Crippen LogP contribution in [-0.4, -0.2) is 47.7 Å². The van der Waals surface area contributed by atoms with Crippen LogP contribution in [0.2, 0.25) is 0 Å². The van der Waals surface area contributed by atoms with Gasteiger partial charge in [0.2, 0.25) is 0 Å². The number of hydrogen-bond acceptors (Lipinski definition) is 7. The summed E-state index contributed by atoms with van der Waals surface area (Å²) in [5.74, 6) is 0.0302. The van der Waals surface area contributed by atoms with Gasteiger partial charge in [-0.2, -0.15) is 0 Å². The van der Waals surface area contributed by atoms with E-state index in [1.165, 1.54) is 9.75 Å². The first-order chi connectivity index (χ1) is 16.2. The number of hydrogen-bond donors (Lipinski definition) is 2. The lowest BCUT2D eigenvalue weighted by molar-refractivity contribution is -0.226. The fourth-order valence-electron chi connectivity index (χ4n) is 4.60. The van der Waals surface area contributed by atoms with Crippen molar-refractivity contribution in [2.45, 2.75) is 63.7 Å². The van der Waals surface area contributed by atoms with E-state index in [9.17, 15) is 10.2 Å². The summed E-state index contributed by atoms with van der Waals surface area (Å²) in [6, 6.07) is 18.2. The molecule has 0 saturated carbocycles. The molecule has 2 saturated heterocycles. The Labute approximate surface area is 203 Å². The van der Waals surface area contributed by atoms with Crippen molar-refractivity contribution in [3.63, 3.8) is 0 Å². The molecule has 2 fully saturated rings. The quantitative estimate of drug-likeness (QED) is 0.535. The Hall–Kier alpha value is -2.26. The third-order valence-electron chi connectivity index (χ3n) is 6.48. The summed E-state index contributed by atoms with van der Waals surface area (Å²) in [5, 5.41) is 21.8. The summed E-state index contributed by atoms with van der Waals surface area (Å²) in [5.41, 5.74) is 4.13. The van der Waals surface area contributed by atoms with Crippen LogP contribution in [0.4, 0.5) is 0 Å². The minimum Gasteiger partial charge on any atom is -0.497 e. The summed E-state index contributed by atoms with van der Waals surface area (Å²) < 4.78 is 22.6. The zero-order valence-electron chi connectivity index (χ0n) is 19.7. The lowest BCUT2D eigenvalue weighted by atomic mass is 9.94. The SMILES string of the molecule is COc1ccc(-c2ccc(Cc3cc(C(O)C4OC5OC(C)(C)OC5C4O)ccc3C)s2)cc1. The largest absolute Gasteiger partial charge is 0.497 e. The Morgan fingerprint density at radius 2 is 1.82 bits per heavy atom. The van der Waals surface area contributed by atoms with Crippen LogP contribution < -0.4 is 4.74 Å². The third-order valence-corrected chi connectivity index (χ3v) is 7.61. The van der Waals surface area contributed by atoms with Gasteiger partial charge in [-0.15, -0.1) is 11.3 Å². The summed E-state index contributed by atoms with van der Waals surface area (Å²) in [7, 11) is 1.67. The number of benzene rings is 2. The number of ether oxygens (including phenoxy) is 4. The first-order valence-corrected chi connectivity index (χ1v) is 12.3. The van der Waals surface area contributed by atoms with E-state index in [4.69, 9.17) is 18.9 Å². The molecule has 1 aromatic heterocycles. The standard InChI is InChI=1S/C27H30O6S/c1-15-5-6-17(22(28)24-23(29)25-26(31-24)33-27(2,3)32-25)13-18(15)14-20-11-12-21(34-20)16-7-9-19(30-4)10-8-16/h5-13,22-26,28-29H,14H2,1-4H3. The van der Waals surface area contributed by atoms with Crippen LogP contribution in [0.3, 0.4) is 0 Å². The van der Waals surface area contributed by atoms with E-state index in [-0.39, 0.29) is 0 Å².